The molecule has 1 N–H and O–H groups in total. The second-order valence-electron chi connectivity index (χ2n) is 4.57. The van der Waals surface area contributed by atoms with Crippen molar-refractivity contribution in [3.8, 4) is 0 Å². The molecule has 0 spiro atoms. The first-order valence-electron chi connectivity index (χ1n) is 5.98. The van der Waals surface area contributed by atoms with E-state index in [1.54, 1.807) is 12.3 Å². The number of amides is 1. The van der Waals surface area contributed by atoms with Crippen LogP contribution in [0.15, 0.2) is 30.5 Å². The van der Waals surface area contributed by atoms with Crippen LogP contribution in [0.4, 0.5) is 5.69 Å². The largest absolute Gasteiger partial charge is 0.319 e. The summed E-state index contributed by atoms with van der Waals surface area (Å²) < 4.78 is 0. The summed E-state index contributed by atoms with van der Waals surface area (Å²) in [5.41, 5.74) is 4.04. The zero-order chi connectivity index (χ0) is 14.0. The first-order chi connectivity index (χ1) is 8.99. The third-order valence-corrected chi connectivity index (χ3v) is 3.23. The molecule has 98 valence electrons. The van der Waals surface area contributed by atoms with Crippen molar-refractivity contribution in [3.05, 3.63) is 57.9 Å². The van der Waals surface area contributed by atoms with E-state index in [9.17, 15) is 4.79 Å². The molecule has 0 atom stereocenters. The molecule has 19 heavy (non-hydrogen) atoms. The topological polar surface area (TPSA) is 42.0 Å². The highest BCUT2D eigenvalue weighted by atomic mass is 35.5. The zero-order valence-corrected chi connectivity index (χ0v) is 11.9. The minimum Gasteiger partial charge on any atom is -0.319 e. The minimum atomic E-state index is -0.162. The molecule has 0 aliphatic heterocycles. The van der Waals surface area contributed by atoms with E-state index in [1.165, 1.54) is 0 Å². The fraction of sp³-hybridized carbons (Fsp3) is 0.200. The maximum absolute atomic E-state index is 12.3. The Morgan fingerprint density at radius 3 is 2.47 bits per heavy atom. The van der Waals surface area contributed by atoms with Crippen LogP contribution in [0.25, 0.3) is 0 Å². The third kappa shape index (κ3) is 2.93. The highest BCUT2D eigenvalue weighted by Gasteiger charge is 2.13. The average Bonchev–Trinajstić information content (AvgIpc) is 2.33. The van der Waals surface area contributed by atoms with Crippen LogP contribution < -0.4 is 5.32 Å². The van der Waals surface area contributed by atoms with Gasteiger partial charge in [0, 0.05) is 11.8 Å². The molecule has 0 radical (unpaired) electrons. The number of carbonyl (C=O) groups is 1. The van der Waals surface area contributed by atoms with Gasteiger partial charge in [0.1, 0.15) is 0 Å². The molecule has 2 aromatic rings. The number of hydrogen-bond acceptors (Lipinski definition) is 2. The molecule has 1 heterocycles. The molecule has 0 aliphatic carbocycles. The Labute approximate surface area is 117 Å². The standard InChI is InChI=1S/C15H15ClN2O/c1-9-7-12(14(16)17-8-9)18-15(19)13-10(2)5-4-6-11(13)3/h4-8H,1-3H3,(H,18,19). The predicted octanol–water partition coefficient (Wildman–Crippen LogP) is 3.91. The Morgan fingerprint density at radius 2 is 1.84 bits per heavy atom. The molecule has 0 aliphatic rings. The molecule has 4 heteroatoms. The number of anilines is 1. The van der Waals surface area contributed by atoms with Crippen molar-refractivity contribution in [2.24, 2.45) is 0 Å². The molecular weight excluding hydrogens is 260 g/mol. The smallest absolute Gasteiger partial charge is 0.256 e. The highest BCUT2D eigenvalue weighted by Crippen LogP contribution is 2.22. The van der Waals surface area contributed by atoms with Crippen LogP contribution in [0.1, 0.15) is 27.0 Å². The van der Waals surface area contributed by atoms with E-state index in [1.807, 2.05) is 39.0 Å². The van der Waals surface area contributed by atoms with Crippen molar-refractivity contribution in [1.82, 2.24) is 4.98 Å². The highest BCUT2D eigenvalue weighted by molar-refractivity contribution is 6.32. The molecule has 1 aromatic carbocycles. The van der Waals surface area contributed by atoms with Gasteiger partial charge in [-0.05, 0) is 43.5 Å². The van der Waals surface area contributed by atoms with Crippen molar-refractivity contribution in [2.75, 3.05) is 5.32 Å². The molecule has 1 amide bonds. The summed E-state index contributed by atoms with van der Waals surface area (Å²) in [5, 5.41) is 3.11. The van der Waals surface area contributed by atoms with Gasteiger partial charge in [0.2, 0.25) is 0 Å². The van der Waals surface area contributed by atoms with E-state index in [4.69, 9.17) is 11.6 Å². The van der Waals surface area contributed by atoms with Crippen LogP contribution in [0.3, 0.4) is 0 Å². The Hall–Kier alpha value is -1.87. The van der Waals surface area contributed by atoms with E-state index < -0.39 is 0 Å². The van der Waals surface area contributed by atoms with Crippen LogP contribution in [0.2, 0.25) is 5.15 Å². The van der Waals surface area contributed by atoms with Crippen LogP contribution >= 0.6 is 11.6 Å². The van der Waals surface area contributed by atoms with Gasteiger partial charge in [0.15, 0.2) is 5.15 Å². The number of aryl methyl sites for hydroxylation is 3. The van der Waals surface area contributed by atoms with Crippen LogP contribution in [-0.4, -0.2) is 10.9 Å². The molecule has 0 unspecified atom stereocenters. The van der Waals surface area contributed by atoms with Gasteiger partial charge in [-0.3, -0.25) is 4.79 Å². The minimum absolute atomic E-state index is 0.162. The number of halogens is 1. The molecule has 0 fully saturated rings. The Kier molecular flexibility index (Phi) is 3.86. The van der Waals surface area contributed by atoms with Crippen LogP contribution in [-0.2, 0) is 0 Å². The Bertz CT molecular complexity index is 618. The maximum Gasteiger partial charge on any atom is 0.256 e. The summed E-state index contributed by atoms with van der Waals surface area (Å²) in [4.78, 5) is 16.3. The van der Waals surface area contributed by atoms with Gasteiger partial charge in [0.25, 0.3) is 5.91 Å². The van der Waals surface area contributed by atoms with Gasteiger partial charge < -0.3 is 5.32 Å². The summed E-state index contributed by atoms with van der Waals surface area (Å²) in [5.74, 6) is -0.162. The van der Waals surface area contributed by atoms with Crippen molar-refractivity contribution in [2.45, 2.75) is 20.8 Å². The molecule has 2 rings (SSSR count). The van der Waals surface area contributed by atoms with Gasteiger partial charge >= 0.3 is 0 Å². The molecule has 3 nitrogen and oxygen atoms in total. The van der Waals surface area contributed by atoms with E-state index in [-0.39, 0.29) is 5.91 Å². The van der Waals surface area contributed by atoms with E-state index in [2.05, 4.69) is 10.3 Å². The maximum atomic E-state index is 12.3. The quantitative estimate of drug-likeness (QED) is 0.844. The summed E-state index contributed by atoms with van der Waals surface area (Å²) in [6.07, 6.45) is 1.66. The average molecular weight is 275 g/mol. The normalized spacial score (nSPS) is 10.3. The molecule has 0 saturated carbocycles. The third-order valence-electron chi connectivity index (χ3n) is 2.93. The van der Waals surface area contributed by atoms with E-state index in [0.29, 0.717) is 16.4 Å². The number of benzene rings is 1. The number of hydrogen-bond donors (Lipinski definition) is 1. The van der Waals surface area contributed by atoms with Gasteiger partial charge in [-0.1, -0.05) is 29.8 Å². The van der Waals surface area contributed by atoms with Gasteiger partial charge in [-0.25, -0.2) is 4.98 Å². The molecule has 0 saturated heterocycles. The van der Waals surface area contributed by atoms with Gasteiger partial charge in [0.05, 0.1) is 5.69 Å². The van der Waals surface area contributed by atoms with E-state index in [0.717, 1.165) is 16.7 Å². The monoisotopic (exact) mass is 274 g/mol. The zero-order valence-electron chi connectivity index (χ0n) is 11.1. The van der Waals surface area contributed by atoms with Gasteiger partial charge in [-0.2, -0.15) is 0 Å². The fourth-order valence-electron chi connectivity index (χ4n) is 2.00. The summed E-state index contributed by atoms with van der Waals surface area (Å²) in [6.45, 7) is 5.73. The Balaban J connectivity index is 2.34. The summed E-state index contributed by atoms with van der Waals surface area (Å²) in [6, 6.07) is 7.57. The SMILES string of the molecule is Cc1cnc(Cl)c(NC(=O)c2c(C)cccc2C)c1. The van der Waals surface area contributed by atoms with Crippen LogP contribution in [0, 0.1) is 20.8 Å². The number of pyridine rings is 1. The number of aromatic nitrogens is 1. The molecule has 0 bridgehead atoms. The van der Waals surface area contributed by atoms with Crippen molar-refractivity contribution in [3.63, 3.8) is 0 Å². The predicted molar refractivity (Wildman–Crippen MR) is 77.9 cm³/mol. The molecular formula is C15H15ClN2O. The first-order valence-corrected chi connectivity index (χ1v) is 6.36. The number of nitrogens with zero attached hydrogens (tertiary/aromatic N) is 1. The number of carbonyl (C=O) groups excluding carboxylic acids is 1. The summed E-state index contributed by atoms with van der Waals surface area (Å²) in [7, 11) is 0. The number of nitrogens with one attached hydrogen (secondary N) is 1. The first kappa shape index (κ1) is 13.6. The lowest BCUT2D eigenvalue weighted by Crippen LogP contribution is -2.15. The number of rotatable bonds is 2. The second kappa shape index (κ2) is 5.41. The van der Waals surface area contributed by atoms with Crippen molar-refractivity contribution >= 4 is 23.2 Å². The van der Waals surface area contributed by atoms with Crippen LogP contribution in [0.5, 0.6) is 0 Å². The lowest BCUT2D eigenvalue weighted by Gasteiger charge is -2.11. The van der Waals surface area contributed by atoms with E-state index >= 15 is 0 Å². The van der Waals surface area contributed by atoms with Crippen molar-refractivity contribution < 1.29 is 4.79 Å². The lowest BCUT2D eigenvalue weighted by molar-refractivity contribution is 0.102. The second-order valence-corrected chi connectivity index (χ2v) is 4.93. The lowest BCUT2D eigenvalue weighted by atomic mass is 10.0. The summed E-state index contributed by atoms with van der Waals surface area (Å²) >= 11 is 5.98. The fourth-order valence-corrected chi connectivity index (χ4v) is 2.15. The molecule has 1 aromatic heterocycles. The Morgan fingerprint density at radius 1 is 1.21 bits per heavy atom. The van der Waals surface area contributed by atoms with Gasteiger partial charge in [-0.15, -0.1) is 0 Å². The van der Waals surface area contributed by atoms with Crippen molar-refractivity contribution in [1.29, 1.82) is 0 Å².